The van der Waals surface area contributed by atoms with Crippen molar-refractivity contribution in [3.63, 3.8) is 0 Å². The molecule has 158 valence electrons. The Morgan fingerprint density at radius 2 is 0.968 bits per heavy atom. The van der Waals surface area contributed by atoms with Crippen molar-refractivity contribution in [2.75, 3.05) is 0 Å². The minimum absolute atomic E-state index is 0.259. The first kappa shape index (κ1) is 22.0. The van der Waals surface area contributed by atoms with Crippen molar-refractivity contribution >= 4 is 11.9 Å². The van der Waals surface area contributed by atoms with Crippen LogP contribution in [-0.4, -0.2) is 11.9 Å². The van der Waals surface area contributed by atoms with Crippen molar-refractivity contribution in [3.8, 4) is 33.8 Å². The van der Waals surface area contributed by atoms with Crippen LogP contribution in [0.5, 0.6) is 11.5 Å². The minimum atomic E-state index is -0.543. The first-order chi connectivity index (χ1) is 14.6. The predicted molar refractivity (Wildman–Crippen MR) is 123 cm³/mol. The molecule has 0 aromatic heterocycles. The van der Waals surface area contributed by atoms with Gasteiger partial charge in [-0.25, -0.2) is 4.79 Å². The maximum absolute atomic E-state index is 12.0. The lowest BCUT2D eigenvalue weighted by Gasteiger charge is -2.16. The molecule has 3 aromatic carbocycles. The monoisotopic (exact) mass is 414 g/mol. The van der Waals surface area contributed by atoms with E-state index in [1.165, 1.54) is 0 Å². The molecule has 0 bridgehead atoms. The lowest BCUT2D eigenvalue weighted by molar-refractivity contribution is -0.143. The maximum Gasteiger partial charge on any atom is 0.338 e. The van der Waals surface area contributed by atoms with Crippen molar-refractivity contribution in [3.05, 3.63) is 84.9 Å². The van der Waals surface area contributed by atoms with E-state index >= 15 is 0 Å². The number of esters is 2. The molecule has 3 rings (SSSR count). The molecule has 0 aliphatic rings. The number of benzene rings is 3. The van der Waals surface area contributed by atoms with Gasteiger partial charge in [0, 0.05) is 5.57 Å². The fraction of sp³-hybridized carbons (Fsp3) is 0.185. The second kappa shape index (κ2) is 9.00. The Balaban J connectivity index is 1.69. The SMILES string of the molecule is C=C(C)C(=O)Oc1ccc(-c2ccc(-c3ccc(OC(=O)C(C)(C)C)cc3)cc2)cc1. The smallest absolute Gasteiger partial charge is 0.338 e. The molecule has 0 saturated carbocycles. The third-order valence-corrected chi connectivity index (χ3v) is 4.64. The first-order valence-electron chi connectivity index (χ1n) is 10.0. The van der Waals surface area contributed by atoms with Gasteiger partial charge in [-0.05, 0) is 74.2 Å². The molecule has 4 nitrogen and oxygen atoms in total. The lowest BCUT2D eigenvalue weighted by Crippen LogP contribution is -2.25. The van der Waals surface area contributed by atoms with Crippen LogP contribution in [0.1, 0.15) is 27.7 Å². The Morgan fingerprint density at radius 1 is 0.645 bits per heavy atom. The van der Waals surface area contributed by atoms with Gasteiger partial charge in [0.25, 0.3) is 0 Å². The molecule has 31 heavy (non-hydrogen) atoms. The molecule has 0 aliphatic heterocycles. The number of rotatable bonds is 5. The zero-order chi connectivity index (χ0) is 22.6. The minimum Gasteiger partial charge on any atom is -0.426 e. The van der Waals surface area contributed by atoms with Crippen LogP contribution >= 0.6 is 0 Å². The molecule has 0 amide bonds. The van der Waals surface area contributed by atoms with E-state index in [1.807, 2.05) is 69.3 Å². The molecule has 4 heteroatoms. The molecule has 0 saturated heterocycles. The standard InChI is InChI=1S/C27H26O4/c1-18(2)25(28)30-23-14-10-21(11-15-23)19-6-8-20(9-7-19)22-12-16-24(17-13-22)31-26(29)27(3,4)5/h6-17H,1H2,2-5H3. The topological polar surface area (TPSA) is 52.6 Å². The van der Waals surface area contributed by atoms with Crippen LogP contribution in [0, 0.1) is 5.41 Å². The summed E-state index contributed by atoms with van der Waals surface area (Å²) in [5.41, 5.74) is 3.98. The van der Waals surface area contributed by atoms with Gasteiger partial charge in [-0.15, -0.1) is 0 Å². The van der Waals surface area contributed by atoms with Gasteiger partial charge in [0.05, 0.1) is 5.41 Å². The lowest BCUT2D eigenvalue weighted by atomic mass is 9.97. The van der Waals surface area contributed by atoms with E-state index < -0.39 is 11.4 Å². The van der Waals surface area contributed by atoms with Crippen molar-refractivity contribution < 1.29 is 19.1 Å². The average molecular weight is 415 g/mol. The molecule has 0 unspecified atom stereocenters. The predicted octanol–water partition coefficient (Wildman–Crippen LogP) is 6.45. The summed E-state index contributed by atoms with van der Waals surface area (Å²) in [6.07, 6.45) is 0. The van der Waals surface area contributed by atoms with E-state index in [2.05, 4.69) is 6.58 Å². The van der Waals surface area contributed by atoms with Crippen molar-refractivity contribution in [2.45, 2.75) is 27.7 Å². The van der Waals surface area contributed by atoms with Gasteiger partial charge in [-0.2, -0.15) is 0 Å². The van der Waals surface area contributed by atoms with Crippen LogP contribution in [0.15, 0.2) is 84.9 Å². The van der Waals surface area contributed by atoms with E-state index in [-0.39, 0.29) is 5.97 Å². The summed E-state index contributed by atoms with van der Waals surface area (Å²) >= 11 is 0. The zero-order valence-electron chi connectivity index (χ0n) is 18.3. The van der Waals surface area contributed by atoms with Crippen LogP contribution in [0.3, 0.4) is 0 Å². The van der Waals surface area contributed by atoms with Gasteiger partial charge in [-0.3, -0.25) is 4.79 Å². The Hall–Kier alpha value is -3.66. The number of carbonyl (C=O) groups is 2. The molecule has 0 heterocycles. The highest BCUT2D eigenvalue weighted by molar-refractivity contribution is 5.88. The van der Waals surface area contributed by atoms with Gasteiger partial charge in [0.1, 0.15) is 11.5 Å². The number of carbonyl (C=O) groups excluding carboxylic acids is 2. The van der Waals surface area contributed by atoms with Crippen LogP contribution in [0.4, 0.5) is 0 Å². The largest absolute Gasteiger partial charge is 0.426 e. The van der Waals surface area contributed by atoms with Crippen LogP contribution in [0.2, 0.25) is 0 Å². The highest BCUT2D eigenvalue weighted by atomic mass is 16.5. The van der Waals surface area contributed by atoms with Crippen LogP contribution in [0.25, 0.3) is 22.3 Å². The van der Waals surface area contributed by atoms with Gasteiger partial charge < -0.3 is 9.47 Å². The Bertz CT molecular complexity index is 1080. The Kier molecular flexibility index (Phi) is 6.40. The molecule has 0 spiro atoms. The summed E-state index contributed by atoms with van der Waals surface area (Å²) in [4.78, 5) is 23.6. The quantitative estimate of drug-likeness (QED) is 0.273. The summed E-state index contributed by atoms with van der Waals surface area (Å²) < 4.78 is 10.6. The Morgan fingerprint density at radius 3 is 1.29 bits per heavy atom. The van der Waals surface area contributed by atoms with Crippen molar-refractivity contribution in [1.29, 1.82) is 0 Å². The molecular weight excluding hydrogens is 388 g/mol. The number of ether oxygens (including phenoxy) is 2. The normalized spacial score (nSPS) is 11.0. The zero-order valence-corrected chi connectivity index (χ0v) is 18.3. The third kappa shape index (κ3) is 5.70. The third-order valence-electron chi connectivity index (χ3n) is 4.64. The van der Waals surface area contributed by atoms with Crippen molar-refractivity contribution in [1.82, 2.24) is 0 Å². The second-order valence-electron chi connectivity index (χ2n) is 8.44. The van der Waals surface area contributed by atoms with E-state index in [9.17, 15) is 9.59 Å². The van der Waals surface area contributed by atoms with Gasteiger partial charge in [-0.1, -0.05) is 55.1 Å². The molecule has 0 atom stereocenters. The number of hydrogen-bond donors (Lipinski definition) is 0. The van der Waals surface area contributed by atoms with Crippen LogP contribution < -0.4 is 9.47 Å². The maximum atomic E-state index is 12.0. The van der Waals surface area contributed by atoms with Gasteiger partial charge in [0.2, 0.25) is 0 Å². The molecule has 0 fully saturated rings. The highest BCUT2D eigenvalue weighted by Gasteiger charge is 2.23. The Labute approximate surface area is 183 Å². The number of hydrogen-bond acceptors (Lipinski definition) is 4. The molecule has 3 aromatic rings. The van der Waals surface area contributed by atoms with E-state index in [1.54, 1.807) is 31.2 Å². The summed E-state index contributed by atoms with van der Waals surface area (Å²) in [6.45, 7) is 10.7. The second-order valence-corrected chi connectivity index (χ2v) is 8.44. The fourth-order valence-electron chi connectivity index (χ4n) is 2.74. The summed E-state index contributed by atoms with van der Waals surface area (Å²) in [6, 6.07) is 23.0. The highest BCUT2D eigenvalue weighted by Crippen LogP contribution is 2.28. The van der Waals surface area contributed by atoms with E-state index in [0.29, 0.717) is 17.1 Å². The van der Waals surface area contributed by atoms with E-state index in [4.69, 9.17) is 9.47 Å². The van der Waals surface area contributed by atoms with Crippen LogP contribution in [-0.2, 0) is 9.59 Å². The summed E-state index contributed by atoms with van der Waals surface area (Å²) in [5, 5.41) is 0. The fourth-order valence-corrected chi connectivity index (χ4v) is 2.74. The van der Waals surface area contributed by atoms with E-state index in [0.717, 1.165) is 22.3 Å². The molecule has 0 aliphatic carbocycles. The first-order valence-corrected chi connectivity index (χ1v) is 10.0. The van der Waals surface area contributed by atoms with Gasteiger partial charge in [0.15, 0.2) is 0 Å². The molecule has 0 radical (unpaired) electrons. The average Bonchev–Trinajstić information content (AvgIpc) is 2.74. The summed E-state index contributed by atoms with van der Waals surface area (Å²) in [5.74, 6) is 0.328. The molecule has 0 N–H and O–H groups in total. The van der Waals surface area contributed by atoms with Gasteiger partial charge >= 0.3 is 11.9 Å². The summed E-state index contributed by atoms with van der Waals surface area (Å²) in [7, 11) is 0. The molecular formula is C27H26O4. The van der Waals surface area contributed by atoms with Crippen molar-refractivity contribution in [2.24, 2.45) is 5.41 Å².